The lowest BCUT2D eigenvalue weighted by molar-refractivity contribution is -0.140. The minimum absolute atomic E-state index is 0.0667. The highest BCUT2D eigenvalue weighted by molar-refractivity contribution is 5.89. The molecule has 0 radical (unpaired) electrons. The van der Waals surface area contributed by atoms with Crippen LogP contribution in [0.1, 0.15) is 22.3 Å². The maximum atomic E-state index is 14.2. The van der Waals surface area contributed by atoms with Gasteiger partial charge in [0.1, 0.15) is 11.8 Å². The molecule has 0 aliphatic carbocycles. The van der Waals surface area contributed by atoms with Gasteiger partial charge in [-0.15, -0.1) is 0 Å². The minimum Gasteiger partial charge on any atom is -0.497 e. The molecule has 1 aliphatic heterocycles. The highest BCUT2D eigenvalue weighted by atomic mass is 16.7. The van der Waals surface area contributed by atoms with E-state index in [4.69, 9.17) is 23.7 Å². The predicted octanol–water partition coefficient (Wildman–Crippen LogP) is 4.94. The molecule has 0 bridgehead atoms. The van der Waals surface area contributed by atoms with E-state index in [1.54, 1.807) is 38.4 Å². The van der Waals surface area contributed by atoms with Crippen LogP contribution in [0.2, 0.25) is 0 Å². The third kappa shape index (κ3) is 7.42. The number of rotatable bonds is 13. The summed E-state index contributed by atoms with van der Waals surface area (Å²) in [5.74, 6) is 2.66. The predicted molar refractivity (Wildman–Crippen MR) is 165 cm³/mol. The van der Waals surface area contributed by atoms with E-state index in [-0.39, 0.29) is 38.1 Å². The van der Waals surface area contributed by atoms with Crippen molar-refractivity contribution in [2.24, 2.45) is 0 Å². The van der Waals surface area contributed by atoms with Crippen molar-refractivity contribution in [3.05, 3.63) is 113 Å². The Morgan fingerprint density at radius 1 is 0.750 bits per heavy atom. The van der Waals surface area contributed by atoms with Crippen LogP contribution in [0.15, 0.2) is 91.0 Å². The van der Waals surface area contributed by atoms with Gasteiger partial charge in [0.25, 0.3) is 0 Å². The summed E-state index contributed by atoms with van der Waals surface area (Å²) in [6, 6.07) is 27.4. The average molecular weight is 597 g/mol. The first-order chi connectivity index (χ1) is 21.5. The first-order valence-electron chi connectivity index (χ1n) is 14.3. The topological polar surface area (TPSA) is 95.6 Å². The van der Waals surface area contributed by atoms with Crippen molar-refractivity contribution in [1.29, 1.82) is 0 Å². The molecule has 2 amide bonds. The Morgan fingerprint density at radius 2 is 1.45 bits per heavy atom. The summed E-state index contributed by atoms with van der Waals surface area (Å²) in [5, 5.41) is 3.06. The number of amides is 2. The van der Waals surface area contributed by atoms with Crippen LogP contribution < -0.4 is 29.0 Å². The van der Waals surface area contributed by atoms with Crippen LogP contribution in [0.25, 0.3) is 0 Å². The maximum Gasteiger partial charge on any atom is 0.243 e. The Labute approximate surface area is 257 Å². The van der Waals surface area contributed by atoms with Crippen LogP contribution in [0.3, 0.4) is 0 Å². The molecule has 228 valence electrons. The Morgan fingerprint density at radius 3 is 2.18 bits per heavy atom. The molecule has 5 rings (SSSR count). The lowest BCUT2D eigenvalue weighted by atomic mass is 10.0. The number of carbonyl (C=O) groups excluding carboxylic acids is 2. The summed E-state index contributed by atoms with van der Waals surface area (Å²) in [6.45, 7) is 0.666. The highest BCUT2D eigenvalue weighted by Crippen LogP contribution is 2.32. The van der Waals surface area contributed by atoms with Gasteiger partial charge in [0.05, 0.1) is 27.8 Å². The van der Waals surface area contributed by atoms with Crippen molar-refractivity contribution in [1.82, 2.24) is 10.2 Å². The normalized spacial score (nSPS) is 12.2. The van der Waals surface area contributed by atoms with Gasteiger partial charge in [-0.2, -0.15) is 0 Å². The number of benzene rings is 4. The maximum absolute atomic E-state index is 14.2. The van der Waals surface area contributed by atoms with Crippen LogP contribution in [-0.2, 0) is 35.5 Å². The number of carbonyl (C=O) groups is 2. The molecule has 4 aromatic carbocycles. The number of methoxy groups -OCH3 is 3. The second-order valence-electron chi connectivity index (χ2n) is 10.3. The summed E-state index contributed by atoms with van der Waals surface area (Å²) in [7, 11) is 4.73. The summed E-state index contributed by atoms with van der Waals surface area (Å²) in [6.07, 6.45) is 0.402. The first-order valence-corrected chi connectivity index (χ1v) is 14.3. The molecular formula is C35H36N2O7. The molecular weight excluding hydrogens is 560 g/mol. The Balaban J connectivity index is 1.44. The van der Waals surface area contributed by atoms with Crippen LogP contribution in [0, 0.1) is 0 Å². The summed E-state index contributed by atoms with van der Waals surface area (Å²) >= 11 is 0. The third-order valence-corrected chi connectivity index (χ3v) is 7.49. The number of nitrogens with zero attached hydrogens (tertiary/aromatic N) is 1. The quantitative estimate of drug-likeness (QED) is 0.234. The van der Waals surface area contributed by atoms with Crippen molar-refractivity contribution in [3.63, 3.8) is 0 Å². The largest absolute Gasteiger partial charge is 0.497 e. The molecule has 4 aromatic rings. The molecule has 1 aliphatic rings. The Hall–Kier alpha value is -5.18. The summed E-state index contributed by atoms with van der Waals surface area (Å²) in [4.78, 5) is 29.8. The molecule has 9 nitrogen and oxygen atoms in total. The van der Waals surface area contributed by atoms with Gasteiger partial charge in [-0.25, -0.2) is 0 Å². The fourth-order valence-corrected chi connectivity index (χ4v) is 5.11. The van der Waals surface area contributed by atoms with Gasteiger partial charge in [-0.3, -0.25) is 9.59 Å². The Kier molecular flexibility index (Phi) is 9.86. The van der Waals surface area contributed by atoms with Crippen molar-refractivity contribution in [3.8, 4) is 28.7 Å². The van der Waals surface area contributed by atoms with Crippen LogP contribution >= 0.6 is 0 Å². The molecule has 0 fully saturated rings. The van der Waals surface area contributed by atoms with Crippen molar-refractivity contribution in [2.45, 2.75) is 32.0 Å². The van der Waals surface area contributed by atoms with Crippen LogP contribution in [0.4, 0.5) is 0 Å². The summed E-state index contributed by atoms with van der Waals surface area (Å²) < 4.78 is 27.1. The standard InChI is InChI=1S/C35H36N2O7/c1-40-28-13-9-25(10-14-28)22-37(34(38)20-26-11-15-30(41-2)32(18-26)42-3)29(17-24-7-5-4-6-8-24)35(39)36-21-27-12-16-31-33(19-27)44-23-43-31/h4-16,18-19,29H,17,20-23H2,1-3H3,(H,36,39)/t29-/m1/s1. The van der Waals surface area contributed by atoms with Crippen molar-refractivity contribution < 1.29 is 33.3 Å². The second-order valence-corrected chi connectivity index (χ2v) is 10.3. The van der Waals surface area contributed by atoms with Gasteiger partial charge in [-0.1, -0.05) is 54.6 Å². The molecule has 44 heavy (non-hydrogen) atoms. The average Bonchev–Trinajstić information content (AvgIpc) is 3.54. The van der Waals surface area contributed by atoms with Crippen LogP contribution in [0.5, 0.6) is 28.7 Å². The van der Waals surface area contributed by atoms with Gasteiger partial charge in [0.15, 0.2) is 23.0 Å². The van der Waals surface area contributed by atoms with E-state index in [0.717, 1.165) is 22.3 Å². The second kappa shape index (κ2) is 14.3. The smallest absolute Gasteiger partial charge is 0.243 e. The van der Waals surface area contributed by atoms with E-state index < -0.39 is 6.04 Å². The minimum atomic E-state index is -0.791. The highest BCUT2D eigenvalue weighted by Gasteiger charge is 2.31. The molecule has 0 aromatic heterocycles. The van der Waals surface area contributed by atoms with Gasteiger partial charge >= 0.3 is 0 Å². The lowest BCUT2D eigenvalue weighted by Gasteiger charge is -2.32. The molecule has 0 unspecified atom stereocenters. The first kappa shape index (κ1) is 30.3. The van der Waals surface area contributed by atoms with Gasteiger partial charge in [0.2, 0.25) is 18.6 Å². The third-order valence-electron chi connectivity index (χ3n) is 7.49. The van der Waals surface area contributed by atoms with E-state index in [0.29, 0.717) is 35.2 Å². The summed E-state index contributed by atoms with van der Waals surface area (Å²) in [5.41, 5.74) is 3.41. The van der Waals surface area contributed by atoms with Gasteiger partial charge in [-0.05, 0) is 58.7 Å². The molecule has 0 saturated heterocycles. The van der Waals surface area contributed by atoms with Gasteiger partial charge < -0.3 is 33.9 Å². The molecule has 1 N–H and O–H groups in total. The van der Waals surface area contributed by atoms with Crippen molar-refractivity contribution >= 4 is 11.8 Å². The number of nitrogens with one attached hydrogen (secondary N) is 1. The molecule has 1 atom stereocenters. The number of ether oxygens (including phenoxy) is 5. The van der Waals surface area contributed by atoms with E-state index >= 15 is 0 Å². The molecule has 0 spiro atoms. The zero-order valence-corrected chi connectivity index (χ0v) is 25.1. The fourth-order valence-electron chi connectivity index (χ4n) is 5.11. The molecule has 9 heteroatoms. The SMILES string of the molecule is COc1ccc(CN(C(=O)Cc2ccc(OC)c(OC)c2)[C@H](Cc2ccccc2)C(=O)NCc2ccc3c(c2)OCO3)cc1. The Bertz CT molecular complexity index is 1570. The van der Waals surface area contributed by atoms with Crippen LogP contribution in [-0.4, -0.2) is 50.9 Å². The zero-order valence-electron chi connectivity index (χ0n) is 25.1. The van der Waals surface area contributed by atoms with E-state index in [2.05, 4.69) is 5.32 Å². The van der Waals surface area contributed by atoms with Crippen molar-refractivity contribution in [2.75, 3.05) is 28.1 Å². The molecule has 0 saturated carbocycles. The lowest BCUT2D eigenvalue weighted by Crippen LogP contribution is -2.50. The molecule has 1 heterocycles. The number of hydrogen-bond acceptors (Lipinski definition) is 7. The zero-order chi connectivity index (χ0) is 30.9. The van der Waals surface area contributed by atoms with E-state index in [1.165, 1.54) is 0 Å². The van der Waals surface area contributed by atoms with E-state index in [9.17, 15) is 9.59 Å². The monoisotopic (exact) mass is 596 g/mol. The number of fused-ring (bicyclic) bond motifs is 1. The van der Waals surface area contributed by atoms with Gasteiger partial charge in [0, 0.05) is 19.5 Å². The number of hydrogen-bond donors (Lipinski definition) is 1. The fraction of sp³-hybridized carbons (Fsp3) is 0.257. The van der Waals surface area contributed by atoms with E-state index in [1.807, 2.05) is 78.9 Å².